The lowest BCUT2D eigenvalue weighted by molar-refractivity contribution is 0.318. The third-order valence-electron chi connectivity index (χ3n) is 4.12. The maximum Gasteiger partial charge on any atom is 0.0631 e. The van der Waals surface area contributed by atoms with E-state index in [2.05, 4.69) is 61.1 Å². The number of hydrogen-bond donors (Lipinski definition) is 1. The number of aryl methyl sites for hydroxylation is 1. The van der Waals surface area contributed by atoms with Crippen molar-refractivity contribution in [3.63, 3.8) is 0 Å². The van der Waals surface area contributed by atoms with Crippen LogP contribution in [0, 0.1) is 6.92 Å². The van der Waals surface area contributed by atoms with Crippen molar-refractivity contribution in [3.05, 3.63) is 26.6 Å². The van der Waals surface area contributed by atoms with Gasteiger partial charge in [0.05, 0.1) is 5.69 Å². The zero-order valence-electron chi connectivity index (χ0n) is 10.5. The van der Waals surface area contributed by atoms with E-state index in [1.807, 2.05) is 0 Å². The van der Waals surface area contributed by atoms with Gasteiger partial charge in [0.25, 0.3) is 0 Å². The molecule has 4 heteroatoms. The molecule has 0 aliphatic carbocycles. The van der Waals surface area contributed by atoms with Crippen LogP contribution in [0.1, 0.15) is 24.8 Å². The number of rotatable bonds is 2. The minimum absolute atomic E-state index is 0.600. The summed E-state index contributed by atoms with van der Waals surface area (Å²) in [5.41, 5.74) is 2.48. The van der Waals surface area contributed by atoms with E-state index in [1.165, 1.54) is 43.6 Å². The van der Waals surface area contributed by atoms with E-state index in [0.29, 0.717) is 6.04 Å². The van der Waals surface area contributed by atoms with Gasteiger partial charge in [-0.05, 0) is 82.3 Å². The second-order valence-electron chi connectivity index (χ2n) is 5.39. The van der Waals surface area contributed by atoms with Crippen LogP contribution in [-0.4, -0.2) is 30.1 Å². The van der Waals surface area contributed by atoms with Crippen molar-refractivity contribution in [1.29, 1.82) is 0 Å². The topological polar surface area (TPSA) is 15.3 Å². The number of nitrogens with one attached hydrogen (secondary N) is 1. The Morgan fingerprint density at radius 3 is 2.61 bits per heavy atom. The fourth-order valence-corrected chi connectivity index (χ4v) is 4.92. The number of hydrogen-bond acceptors (Lipinski definition) is 2. The molecular weight excluding hydrogens is 356 g/mol. The van der Waals surface area contributed by atoms with E-state index in [-0.39, 0.29) is 0 Å². The van der Waals surface area contributed by atoms with Gasteiger partial charge in [-0.2, -0.15) is 0 Å². The van der Waals surface area contributed by atoms with Crippen molar-refractivity contribution in [1.82, 2.24) is 4.90 Å². The second-order valence-corrected chi connectivity index (χ2v) is 7.10. The average molecular weight is 374 g/mol. The van der Waals surface area contributed by atoms with Gasteiger partial charge in [0.15, 0.2) is 0 Å². The summed E-state index contributed by atoms with van der Waals surface area (Å²) >= 11 is 7.34. The molecule has 0 radical (unpaired) electrons. The third kappa shape index (κ3) is 2.35. The van der Waals surface area contributed by atoms with Gasteiger partial charge in [0.2, 0.25) is 0 Å². The largest absolute Gasteiger partial charge is 0.379 e. The van der Waals surface area contributed by atoms with Crippen LogP contribution >= 0.6 is 31.9 Å². The van der Waals surface area contributed by atoms with E-state index < -0.39 is 0 Å². The Balaban J connectivity index is 1.81. The molecule has 0 amide bonds. The Labute approximate surface area is 125 Å². The molecule has 0 spiro atoms. The first-order valence-corrected chi connectivity index (χ1v) is 8.20. The van der Waals surface area contributed by atoms with Crippen LogP contribution in [0.25, 0.3) is 0 Å². The highest BCUT2D eigenvalue weighted by atomic mass is 79.9. The predicted molar refractivity (Wildman–Crippen MR) is 83.2 cm³/mol. The molecule has 2 aliphatic heterocycles. The minimum atomic E-state index is 0.600. The summed E-state index contributed by atoms with van der Waals surface area (Å²) in [7, 11) is 0. The van der Waals surface area contributed by atoms with Gasteiger partial charge in [-0.3, -0.25) is 4.90 Å². The molecule has 0 bridgehead atoms. The summed E-state index contributed by atoms with van der Waals surface area (Å²) in [6.07, 6.45) is 3.97. The molecule has 2 fully saturated rings. The van der Waals surface area contributed by atoms with Crippen molar-refractivity contribution >= 4 is 37.5 Å². The van der Waals surface area contributed by atoms with Crippen molar-refractivity contribution in [3.8, 4) is 0 Å². The van der Waals surface area contributed by atoms with Crippen LogP contribution in [0.3, 0.4) is 0 Å². The monoisotopic (exact) mass is 372 g/mol. The quantitative estimate of drug-likeness (QED) is 0.836. The Morgan fingerprint density at radius 2 is 1.89 bits per heavy atom. The maximum atomic E-state index is 3.74. The first-order chi connectivity index (χ1) is 8.65. The fourth-order valence-electron chi connectivity index (χ4n) is 3.27. The van der Waals surface area contributed by atoms with E-state index in [1.54, 1.807) is 0 Å². The lowest BCUT2D eigenvalue weighted by atomic mass is 10.1. The SMILES string of the molecule is Cc1cc(Br)c(NC2CCN3CCCC23)c(Br)c1. The molecule has 1 aromatic carbocycles. The maximum absolute atomic E-state index is 3.74. The first kappa shape index (κ1) is 12.9. The lowest BCUT2D eigenvalue weighted by Crippen LogP contribution is -2.33. The summed E-state index contributed by atoms with van der Waals surface area (Å²) in [6.45, 7) is 4.66. The molecule has 98 valence electrons. The Hall–Kier alpha value is -0.0600. The summed E-state index contributed by atoms with van der Waals surface area (Å²) in [5.74, 6) is 0. The first-order valence-electron chi connectivity index (χ1n) is 6.61. The van der Waals surface area contributed by atoms with Gasteiger partial charge in [-0.15, -0.1) is 0 Å². The van der Waals surface area contributed by atoms with Gasteiger partial charge in [-0.25, -0.2) is 0 Å². The number of nitrogens with zero attached hydrogens (tertiary/aromatic N) is 1. The Kier molecular flexibility index (Phi) is 3.70. The zero-order chi connectivity index (χ0) is 12.7. The molecule has 2 unspecified atom stereocenters. The highest BCUT2D eigenvalue weighted by Gasteiger charge is 2.37. The molecule has 2 heterocycles. The molecule has 18 heavy (non-hydrogen) atoms. The molecule has 0 saturated carbocycles. The van der Waals surface area contributed by atoms with Crippen LogP contribution in [-0.2, 0) is 0 Å². The van der Waals surface area contributed by atoms with E-state index in [4.69, 9.17) is 0 Å². The van der Waals surface area contributed by atoms with Crippen LogP contribution in [0.5, 0.6) is 0 Å². The zero-order valence-corrected chi connectivity index (χ0v) is 13.7. The molecule has 2 aliphatic rings. The molecule has 1 aromatic rings. The van der Waals surface area contributed by atoms with Crippen LogP contribution in [0.2, 0.25) is 0 Å². The van der Waals surface area contributed by atoms with E-state index >= 15 is 0 Å². The van der Waals surface area contributed by atoms with Crippen molar-refractivity contribution in [2.75, 3.05) is 18.4 Å². The van der Waals surface area contributed by atoms with Crippen molar-refractivity contribution in [2.24, 2.45) is 0 Å². The van der Waals surface area contributed by atoms with Crippen LogP contribution in [0.15, 0.2) is 21.1 Å². The standard InChI is InChI=1S/C14H18Br2N2/c1-9-7-10(15)14(11(16)8-9)17-12-4-6-18-5-2-3-13(12)18/h7-8,12-13,17H,2-6H2,1H3. The van der Waals surface area contributed by atoms with Gasteiger partial charge >= 0.3 is 0 Å². The minimum Gasteiger partial charge on any atom is -0.379 e. The third-order valence-corrected chi connectivity index (χ3v) is 5.37. The normalized spacial score (nSPS) is 27.5. The highest BCUT2D eigenvalue weighted by molar-refractivity contribution is 9.11. The molecular formula is C14H18Br2N2. The van der Waals surface area contributed by atoms with Gasteiger partial charge in [0.1, 0.15) is 0 Å². The van der Waals surface area contributed by atoms with Crippen LogP contribution in [0.4, 0.5) is 5.69 Å². The number of anilines is 1. The Bertz CT molecular complexity index is 438. The summed E-state index contributed by atoms with van der Waals surface area (Å²) < 4.78 is 2.32. The molecule has 3 rings (SSSR count). The van der Waals surface area contributed by atoms with Gasteiger partial charge < -0.3 is 5.32 Å². The van der Waals surface area contributed by atoms with Gasteiger partial charge in [-0.1, -0.05) is 0 Å². The fraction of sp³-hybridized carbons (Fsp3) is 0.571. The summed E-state index contributed by atoms with van der Waals surface area (Å²) in [5, 5.41) is 3.74. The summed E-state index contributed by atoms with van der Waals surface area (Å²) in [6, 6.07) is 5.69. The van der Waals surface area contributed by atoms with Crippen molar-refractivity contribution in [2.45, 2.75) is 38.3 Å². The molecule has 2 saturated heterocycles. The second kappa shape index (κ2) is 5.14. The molecule has 0 aromatic heterocycles. The highest BCUT2D eigenvalue weighted by Crippen LogP contribution is 2.36. The van der Waals surface area contributed by atoms with Gasteiger partial charge in [0, 0.05) is 27.6 Å². The Morgan fingerprint density at radius 1 is 1.17 bits per heavy atom. The molecule has 2 nitrogen and oxygen atoms in total. The smallest absolute Gasteiger partial charge is 0.0631 e. The van der Waals surface area contributed by atoms with Crippen molar-refractivity contribution < 1.29 is 0 Å². The number of fused-ring (bicyclic) bond motifs is 1. The van der Waals surface area contributed by atoms with Crippen LogP contribution < -0.4 is 5.32 Å². The van der Waals surface area contributed by atoms with E-state index in [0.717, 1.165) is 15.0 Å². The summed E-state index contributed by atoms with van der Waals surface area (Å²) in [4.78, 5) is 2.63. The number of benzene rings is 1. The molecule has 2 atom stereocenters. The van der Waals surface area contributed by atoms with E-state index in [9.17, 15) is 0 Å². The average Bonchev–Trinajstić information content (AvgIpc) is 2.86. The number of halogens is 2. The lowest BCUT2D eigenvalue weighted by Gasteiger charge is -2.23. The predicted octanol–water partition coefficient (Wildman–Crippen LogP) is 4.17. The molecule has 1 N–H and O–H groups in total.